The fraction of sp³-hybridized carbons (Fsp3) is 0.556. The number of hydrogen-bond donors (Lipinski definition) is 3. The van der Waals surface area contributed by atoms with Crippen molar-refractivity contribution in [3.05, 3.63) is 34.3 Å². The molecule has 1 heterocycles. The maximum atomic E-state index is 11.3. The molecule has 1 saturated carbocycles. The van der Waals surface area contributed by atoms with Gasteiger partial charge in [-0.3, -0.25) is 9.79 Å². The van der Waals surface area contributed by atoms with Gasteiger partial charge in [-0.1, -0.05) is 34.1 Å². The second-order valence-corrected chi connectivity index (χ2v) is 7.49. The summed E-state index contributed by atoms with van der Waals surface area (Å²) in [6.45, 7) is 4.34. The largest absolute Gasteiger partial charge is 0.357 e. The summed E-state index contributed by atoms with van der Waals surface area (Å²) in [7, 11) is 0. The van der Waals surface area contributed by atoms with Crippen LogP contribution in [0.1, 0.15) is 38.2 Å². The van der Waals surface area contributed by atoms with E-state index in [0.717, 1.165) is 25.5 Å². The van der Waals surface area contributed by atoms with Gasteiger partial charge in [-0.25, -0.2) is 0 Å². The fourth-order valence-electron chi connectivity index (χ4n) is 3.15. The van der Waals surface area contributed by atoms with Crippen LogP contribution in [0.25, 0.3) is 0 Å². The van der Waals surface area contributed by atoms with Crippen molar-refractivity contribution in [1.29, 1.82) is 0 Å². The van der Waals surface area contributed by atoms with Gasteiger partial charge in [-0.15, -0.1) is 24.0 Å². The van der Waals surface area contributed by atoms with Crippen molar-refractivity contribution in [1.82, 2.24) is 16.0 Å². The van der Waals surface area contributed by atoms with E-state index >= 15 is 0 Å². The van der Waals surface area contributed by atoms with E-state index < -0.39 is 0 Å². The molecule has 7 heteroatoms. The number of benzene rings is 1. The first-order chi connectivity index (χ1) is 11.6. The summed E-state index contributed by atoms with van der Waals surface area (Å²) >= 11 is 3.68. The van der Waals surface area contributed by atoms with Gasteiger partial charge in [0.25, 0.3) is 0 Å². The zero-order valence-corrected chi connectivity index (χ0v) is 18.4. The zero-order valence-electron chi connectivity index (χ0n) is 14.5. The van der Waals surface area contributed by atoms with Crippen LogP contribution in [-0.2, 0) is 10.2 Å². The number of carbonyl (C=O) groups excluding carboxylic acids is 1. The smallest absolute Gasteiger partial charge is 0.220 e. The molecule has 1 saturated heterocycles. The number of nitrogens with one attached hydrogen (secondary N) is 3. The summed E-state index contributed by atoms with van der Waals surface area (Å²) < 4.78 is 1.17. The molecule has 1 aliphatic carbocycles. The molecule has 1 aliphatic heterocycles. The molecule has 0 radical (unpaired) electrons. The Bertz CT molecular complexity index is 623. The molecule has 138 valence electrons. The maximum Gasteiger partial charge on any atom is 0.220 e. The zero-order chi connectivity index (χ0) is 17.0. The topological polar surface area (TPSA) is 65.5 Å². The van der Waals surface area contributed by atoms with E-state index in [1.807, 2.05) is 0 Å². The third kappa shape index (κ3) is 5.32. The minimum Gasteiger partial charge on any atom is -0.357 e. The van der Waals surface area contributed by atoms with Crippen LogP contribution >= 0.6 is 39.9 Å². The molecule has 3 rings (SSSR count). The van der Waals surface area contributed by atoms with E-state index in [-0.39, 0.29) is 41.3 Å². The predicted molar refractivity (Wildman–Crippen MR) is 116 cm³/mol. The first-order valence-corrected chi connectivity index (χ1v) is 9.49. The Morgan fingerprint density at radius 2 is 2.16 bits per heavy atom. The molecule has 2 fully saturated rings. The highest BCUT2D eigenvalue weighted by molar-refractivity contribution is 14.0. The van der Waals surface area contributed by atoms with Crippen LogP contribution < -0.4 is 16.0 Å². The lowest BCUT2D eigenvalue weighted by Crippen LogP contribution is -2.51. The van der Waals surface area contributed by atoms with Crippen LogP contribution in [-0.4, -0.2) is 37.5 Å². The molecule has 0 spiro atoms. The third-order valence-electron chi connectivity index (χ3n) is 4.79. The number of halogens is 2. The van der Waals surface area contributed by atoms with Gasteiger partial charge in [0, 0.05) is 35.4 Å². The first kappa shape index (κ1) is 20.5. The Morgan fingerprint density at radius 1 is 1.40 bits per heavy atom. The van der Waals surface area contributed by atoms with E-state index in [2.05, 4.69) is 63.1 Å². The Kier molecular flexibility index (Phi) is 7.54. The number of aliphatic imine (C=N–C) groups is 1. The van der Waals surface area contributed by atoms with Crippen molar-refractivity contribution in [2.45, 2.75) is 44.1 Å². The monoisotopic (exact) mass is 520 g/mol. The highest BCUT2D eigenvalue weighted by Crippen LogP contribution is 2.50. The van der Waals surface area contributed by atoms with Crippen molar-refractivity contribution in [2.75, 3.05) is 19.6 Å². The number of nitrogens with zero attached hydrogens (tertiary/aromatic N) is 1. The molecule has 5 nitrogen and oxygen atoms in total. The molecular weight excluding hydrogens is 495 g/mol. The molecule has 1 unspecified atom stereocenters. The number of hydrogen-bond acceptors (Lipinski definition) is 2. The minimum atomic E-state index is 0. The van der Waals surface area contributed by atoms with Gasteiger partial charge in [0.1, 0.15) is 0 Å². The van der Waals surface area contributed by atoms with E-state index in [0.29, 0.717) is 13.0 Å². The lowest BCUT2D eigenvalue weighted by atomic mass is 9.96. The van der Waals surface area contributed by atoms with Gasteiger partial charge < -0.3 is 16.0 Å². The van der Waals surface area contributed by atoms with Crippen molar-refractivity contribution in [3.63, 3.8) is 0 Å². The van der Waals surface area contributed by atoms with Gasteiger partial charge in [-0.05, 0) is 37.8 Å². The Hall–Kier alpha value is -0.830. The first-order valence-electron chi connectivity index (χ1n) is 8.69. The quantitative estimate of drug-likeness (QED) is 0.318. The van der Waals surface area contributed by atoms with Crippen molar-refractivity contribution in [3.8, 4) is 0 Å². The SMILES string of the molecule is CCNC(=NCC1(c2ccccc2Br)CC1)NC1CCC(=O)NC1.I. The molecule has 25 heavy (non-hydrogen) atoms. The van der Waals surface area contributed by atoms with E-state index in [4.69, 9.17) is 4.99 Å². The Balaban J connectivity index is 0.00000225. The summed E-state index contributed by atoms with van der Waals surface area (Å²) in [5.41, 5.74) is 1.53. The molecule has 0 bridgehead atoms. The summed E-state index contributed by atoms with van der Waals surface area (Å²) in [6, 6.07) is 8.70. The van der Waals surface area contributed by atoms with Crippen LogP contribution in [0.15, 0.2) is 33.7 Å². The van der Waals surface area contributed by atoms with Crippen LogP contribution in [0.2, 0.25) is 0 Å². The normalized spacial score (nSPS) is 21.8. The van der Waals surface area contributed by atoms with Gasteiger partial charge in [-0.2, -0.15) is 0 Å². The fourth-order valence-corrected chi connectivity index (χ4v) is 3.86. The standard InChI is InChI=1S/C18H25BrN4O.HI/c1-2-20-17(23-13-7-8-16(24)21-11-13)22-12-18(9-10-18)14-5-3-4-6-15(14)19;/h3-6,13H,2,7-12H2,1H3,(H,21,24)(H2,20,22,23);1H. The minimum absolute atomic E-state index is 0. The third-order valence-corrected chi connectivity index (χ3v) is 5.48. The van der Waals surface area contributed by atoms with E-state index in [9.17, 15) is 4.79 Å². The molecular formula is C18H26BrIN4O. The molecule has 1 atom stereocenters. The lowest BCUT2D eigenvalue weighted by molar-refractivity contribution is -0.122. The van der Waals surface area contributed by atoms with Gasteiger partial charge >= 0.3 is 0 Å². The predicted octanol–water partition coefficient (Wildman–Crippen LogP) is 2.93. The van der Waals surface area contributed by atoms with E-state index in [1.54, 1.807) is 0 Å². The molecule has 1 aromatic rings. The van der Waals surface area contributed by atoms with Crippen molar-refractivity contribution in [2.24, 2.45) is 4.99 Å². The molecule has 1 aromatic carbocycles. The second kappa shape index (κ2) is 9.21. The number of carbonyl (C=O) groups is 1. The second-order valence-electron chi connectivity index (χ2n) is 6.64. The summed E-state index contributed by atoms with van der Waals surface area (Å²) in [4.78, 5) is 16.1. The Labute approximate surface area is 175 Å². The summed E-state index contributed by atoms with van der Waals surface area (Å²) in [5, 5.41) is 9.69. The number of guanidine groups is 1. The average Bonchev–Trinajstić information content (AvgIpc) is 3.36. The molecule has 0 aromatic heterocycles. The average molecular weight is 521 g/mol. The van der Waals surface area contributed by atoms with Gasteiger partial charge in [0.15, 0.2) is 5.96 Å². The summed E-state index contributed by atoms with van der Waals surface area (Å²) in [5.74, 6) is 0.984. The molecule has 1 amide bonds. The number of amides is 1. The highest BCUT2D eigenvalue weighted by atomic mass is 127. The number of rotatable bonds is 5. The molecule has 2 aliphatic rings. The van der Waals surface area contributed by atoms with Crippen LogP contribution in [0, 0.1) is 0 Å². The van der Waals surface area contributed by atoms with Crippen molar-refractivity contribution >= 4 is 51.8 Å². The summed E-state index contributed by atoms with van der Waals surface area (Å²) in [6.07, 6.45) is 3.79. The van der Waals surface area contributed by atoms with Crippen molar-refractivity contribution < 1.29 is 4.79 Å². The molecule has 3 N–H and O–H groups in total. The Morgan fingerprint density at radius 3 is 2.76 bits per heavy atom. The van der Waals surface area contributed by atoms with E-state index in [1.165, 1.54) is 22.9 Å². The maximum absolute atomic E-state index is 11.3. The van der Waals surface area contributed by atoms with Gasteiger partial charge in [0.05, 0.1) is 6.54 Å². The van der Waals surface area contributed by atoms with Crippen LogP contribution in [0.3, 0.4) is 0 Å². The van der Waals surface area contributed by atoms with Gasteiger partial charge in [0.2, 0.25) is 5.91 Å². The van der Waals surface area contributed by atoms with Crippen LogP contribution in [0.5, 0.6) is 0 Å². The highest BCUT2D eigenvalue weighted by Gasteiger charge is 2.45. The van der Waals surface area contributed by atoms with Crippen LogP contribution in [0.4, 0.5) is 0 Å². The lowest BCUT2D eigenvalue weighted by Gasteiger charge is -2.25. The number of piperidine rings is 1.